The van der Waals surface area contributed by atoms with E-state index in [1.54, 1.807) is 0 Å². The molecule has 0 rings (SSSR count). The number of likely N-dealkylation sites (N-methyl/N-ethyl adjacent to an activating group) is 1. The third-order valence-electron chi connectivity index (χ3n) is 1.11. The molecule has 0 unspecified atom stereocenters. The molecule has 54 valence electrons. The van der Waals surface area contributed by atoms with Gasteiger partial charge in [-0.3, -0.25) is 4.79 Å². The summed E-state index contributed by atoms with van der Waals surface area (Å²) in [6.45, 7) is 1.92. The SMILES string of the molecule is CCC[C@H](O)C(=O)NC. The first-order valence-electron chi connectivity index (χ1n) is 3.12. The average molecular weight is 131 g/mol. The van der Waals surface area contributed by atoms with Crippen molar-refractivity contribution in [3.05, 3.63) is 0 Å². The van der Waals surface area contributed by atoms with Gasteiger partial charge >= 0.3 is 0 Å². The fourth-order valence-corrected chi connectivity index (χ4v) is 0.571. The van der Waals surface area contributed by atoms with Gasteiger partial charge in [-0.25, -0.2) is 0 Å². The van der Waals surface area contributed by atoms with Crippen LogP contribution >= 0.6 is 0 Å². The molecule has 0 aromatic carbocycles. The third kappa shape index (κ3) is 3.08. The third-order valence-corrected chi connectivity index (χ3v) is 1.11. The van der Waals surface area contributed by atoms with Crippen LogP contribution in [-0.4, -0.2) is 24.2 Å². The van der Waals surface area contributed by atoms with E-state index in [2.05, 4.69) is 5.32 Å². The number of carbonyl (C=O) groups is 1. The van der Waals surface area contributed by atoms with Crippen molar-refractivity contribution in [2.45, 2.75) is 25.9 Å². The average Bonchev–Trinajstić information content (AvgIpc) is 1.87. The van der Waals surface area contributed by atoms with E-state index >= 15 is 0 Å². The first kappa shape index (κ1) is 8.43. The summed E-state index contributed by atoms with van der Waals surface area (Å²) < 4.78 is 0. The van der Waals surface area contributed by atoms with Gasteiger partial charge in [0.2, 0.25) is 5.91 Å². The number of nitrogens with one attached hydrogen (secondary N) is 1. The quantitative estimate of drug-likeness (QED) is 0.561. The van der Waals surface area contributed by atoms with Gasteiger partial charge in [0.25, 0.3) is 0 Å². The number of hydrogen-bond acceptors (Lipinski definition) is 2. The van der Waals surface area contributed by atoms with Crippen LogP contribution in [0.5, 0.6) is 0 Å². The Labute approximate surface area is 55.1 Å². The van der Waals surface area contributed by atoms with E-state index in [0.717, 1.165) is 6.42 Å². The minimum atomic E-state index is -0.819. The van der Waals surface area contributed by atoms with Gasteiger partial charge in [-0.15, -0.1) is 0 Å². The lowest BCUT2D eigenvalue weighted by atomic mass is 10.2. The predicted molar refractivity (Wildman–Crippen MR) is 35.0 cm³/mol. The summed E-state index contributed by atoms with van der Waals surface area (Å²) >= 11 is 0. The Kier molecular flexibility index (Phi) is 4.05. The Hall–Kier alpha value is -0.570. The van der Waals surface area contributed by atoms with Crippen LogP contribution in [0.15, 0.2) is 0 Å². The molecule has 9 heavy (non-hydrogen) atoms. The number of aliphatic hydroxyl groups excluding tert-OH is 1. The normalized spacial score (nSPS) is 12.8. The summed E-state index contributed by atoms with van der Waals surface area (Å²) in [6.07, 6.45) is 0.550. The molecule has 0 aliphatic heterocycles. The van der Waals surface area contributed by atoms with Gasteiger partial charge in [-0.1, -0.05) is 13.3 Å². The first-order valence-corrected chi connectivity index (χ1v) is 3.12. The van der Waals surface area contributed by atoms with Gasteiger partial charge in [0, 0.05) is 7.05 Å². The van der Waals surface area contributed by atoms with Crippen molar-refractivity contribution in [1.29, 1.82) is 0 Å². The Morgan fingerprint density at radius 2 is 2.33 bits per heavy atom. The molecule has 1 atom stereocenters. The van der Waals surface area contributed by atoms with Gasteiger partial charge in [0.1, 0.15) is 6.10 Å². The van der Waals surface area contributed by atoms with Crippen molar-refractivity contribution >= 4 is 5.91 Å². The van der Waals surface area contributed by atoms with Crippen LogP contribution in [0.25, 0.3) is 0 Å². The van der Waals surface area contributed by atoms with Crippen LogP contribution < -0.4 is 5.32 Å². The zero-order valence-corrected chi connectivity index (χ0v) is 5.85. The Morgan fingerprint density at radius 1 is 1.78 bits per heavy atom. The summed E-state index contributed by atoms with van der Waals surface area (Å²) in [5.74, 6) is -0.295. The van der Waals surface area contributed by atoms with Gasteiger partial charge in [0.05, 0.1) is 0 Å². The summed E-state index contributed by atoms with van der Waals surface area (Å²) in [5.41, 5.74) is 0. The van der Waals surface area contributed by atoms with Crippen molar-refractivity contribution in [1.82, 2.24) is 5.32 Å². The molecular weight excluding hydrogens is 118 g/mol. The summed E-state index contributed by atoms with van der Waals surface area (Å²) in [6, 6.07) is 0. The number of rotatable bonds is 3. The molecule has 0 aliphatic carbocycles. The predicted octanol–water partition coefficient (Wildman–Crippen LogP) is -0.107. The second-order valence-electron chi connectivity index (χ2n) is 1.92. The van der Waals surface area contributed by atoms with Crippen molar-refractivity contribution in [3.8, 4) is 0 Å². The second-order valence-corrected chi connectivity index (χ2v) is 1.92. The zero-order chi connectivity index (χ0) is 7.28. The van der Waals surface area contributed by atoms with E-state index in [-0.39, 0.29) is 5.91 Å². The molecule has 0 saturated heterocycles. The monoisotopic (exact) mass is 131 g/mol. The molecule has 0 heterocycles. The van der Waals surface area contributed by atoms with Crippen molar-refractivity contribution in [2.75, 3.05) is 7.05 Å². The van der Waals surface area contributed by atoms with Crippen LogP contribution in [0, 0.1) is 0 Å². The molecule has 0 aliphatic rings. The Balaban J connectivity index is 3.45. The van der Waals surface area contributed by atoms with E-state index in [1.165, 1.54) is 7.05 Å². The highest BCUT2D eigenvalue weighted by molar-refractivity contribution is 5.79. The number of amides is 1. The fourth-order valence-electron chi connectivity index (χ4n) is 0.571. The second kappa shape index (κ2) is 4.32. The molecule has 0 saturated carbocycles. The van der Waals surface area contributed by atoms with Gasteiger partial charge < -0.3 is 10.4 Å². The van der Waals surface area contributed by atoms with Gasteiger partial charge in [-0.05, 0) is 6.42 Å². The zero-order valence-electron chi connectivity index (χ0n) is 5.85. The molecule has 0 radical (unpaired) electrons. The smallest absolute Gasteiger partial charge is 0.248 e. The van der Waals surface area contributed by atoms with E-state index in [9.17, 15) is 4.79 Å². The Bertz CT molecular complexity index is 93.1. The maximum atomic E-state index is 10.5. The molecule has 2 N–H and O–H groups in total. The number of carbonyl (C=O) groups excluding carboxylic acids is 1. The van der Waals surface area contributed by atoms with Crippen LogP contribution in [0.2, 0.25) is 0 Å². The standard InChI is InChI=1S/C6H13NO2/c1-3-4-5(8)6(9)7-2/h5,8H,3-4H2,1-2H3,(H,7,9)/t5-/m0/s1. The highest BCUT2D eigenvalue weighted by Gasteiger charge is 2.09. The first-order chi connectivity index (χ1) is 4.22. The number of hydrogen-bond donors (Lipinski definition) is 2. The molecule has 0 bridgehead atoms. The molecular formula is C6H13NO2. The van der Waals surface area contributed by atoms with E-state index < -0.39 is 6.10 Å². The highest BCUT2D eigenvalue weighted by Crippen LogP contribution is 1.94. The van der Waals surface area contributed by atoms with Crippen molar-refractivity contribution in [3.63, 3.8) is 0 Å². The topological polar surface area (TPSA) is 49.3 Å². The Morgan fingerprint density at radius 3 is 2.67 bits per heavy atom. The fraction of sp³-hybridized carbons (Fsp3) is 0.833. The lowest BCUT2D eigenvalue weighted by Gasteiger charge is -2.05. The molecule has 0 aromatic rings. The van der Waals surface area contributed by atoms with Crippen molar-refractivity contribution < 1.29 is 9.90 Å². The molecule has 3 nitrogen and oxygen atoms in total. The molecule has 0 spiro atoms. The van der Waals surface area contributed by atoms with Crippen LogP contribution in [0.3, 0.4) is 0 Å². The molecule has 3 heteroatoms. The maximum Gasteiger partial charge on any atom is 0.248 e. The van der Waals surface area contributed by atoms with Gasteiger partial charge in [-0.2, -0.15) is 0 Å². The molecule has 1 amide bonds. The molecule has 0 fully saturated rings. The van der Waals surface area contributed by atoms with E-state index in [4.69, 9.17) is 5.11 Å². The number of aliphatic hydroxyl groups is 1. The lowest BCUT2D eigenvalue weighted by Crippen LogP contribution is -2.31. The van der Waals surface area contributed by atoms with Crippen LogP contribution in [-0.2, 0) is 4.79 Å². The summed E-state index contributed by atoms with van der Waals surface area (Å²) in [4.78, 5) is 10.5. The minimum absolute atomic E-state index is 0.295. The maximum absolute atomic E-state index is 10.5. The largest absolute Gasteiger partial charge is 0.383 e. The van der Waals surface area contributed by atoms with E-state index in [0.29, 0.717) is 6.42 Å². The lowest BCUT2D eigenvalue weighted by molar-refractivity contribution is -0.129. The summed E-state index contributed by atoms with van der Waals surface area (Å²) in [5, 5.41) is 11.3. The van der Waals surface area contributed by atoms with Crippen molar-refractivity contribution in [2.24, 2.45) is 0 Å². The minimum Gasteiger partial charge on any atom is -0.383 e. The van der Waals surface area contributed by atoms with Gasteiger partial charge in [0.15, 0.2) is 0 Å². The van der Waals surface area contributed by atoms with Crippen LogP contribution in [0.4, 0.5) is 0 Å². The highest BCUT2D eigenvalue weighted by atomic mass is 16.3. The summed E-state index contributed by atoms with van der Waals surface area (Å²) in [7, 11) is 1.52. The van der Waals surface area contributed by atoms with Crippen LogP contribution in [0.1, 0.15) is 19.8 Å². The molecule has 0 aromatic heterocycles. The van der Waals surface area contributed by atoms with E-state index in [1.807, 2.05) is 6.92 Å².